The number of carbonyl (C=O) groups excluding carboxylic acids is 1. The van der Waals surface area contributed by atoms with E-state index in [1.165, 1.54) is 31.2 Å². The molecular weight excluding hydrogens is 437 g/mol. The minimum absolute atomic E-state index is 0.264. The number of carboxylic acids is 1. The van der Waals surface area contributed by atoms with Crippen molar-refractivity contribution in [2.75, 3.05) is 22.1 Å². The zero-order valence-electron chi connectivity index (χ0n) is 19.6. The minimum atomic E-state index is -0.923. The first-order valence-corrected chi connectivity index (χ1v) is 12.0. The first kappa shape index (κ1) is 23.9. The van der Waals surface area contributed by atoms with E-state index in [1.54, 1.807) is 6.07 Å². The van der Waals surface area contributed by atoms with E-state index in [0.29, 0.717) is 35.0 Å². The number of aromatic nitrogens is 2. The van der Waals surface area contributed by atoms with Crippen LogP contribution < -0.4 is 15.5 Å². The summed E-state index contributed by atoms with van der Waals surface area (Å²) in [4.78, 5) is 34.2. The number of carbonyl (C=O) groups is 2. The second-order valence-corrected chi connectivity index (χ2v) is 9.72. The van der Waals surface area contributed by atoms with Gasteiger partial charge in [0, 0.05) is 18.5 Å². The van der Waals surface area contributed by atoms with Crippen LogP contribution in [0.3, 0.4) is 0 Å². The second-order valence-electron chi connectivity index (χ2n) is 9.72. The molecule has 0 aliphatic heterocycles. The smallest absolute Gasteiger partial charge is 0.323 e. The number of nitrogens with zero attached hydrogens (tertiary/aromatic N) is 3. The Bertz CT molecular complexity index is 1030. The van der Waals surface area contributed by atoms with Crippen molar-refractivity contribution in [3.8, 4) is 0 Å². The highest BCUT2D eigenvalue weighted by atomic mass is 19.1. The highest BCUT2D eigenvalue weighted by Crippen LogP contribution is 2.50. The molecule has 182 valence electrons. The first-order chi connectivity index (χ1) is 16.3. The lowest BCUT2D eigenvalue weighted by molar-refractivity contribution is -0.138. The van der Waals surface area contributed by atoms with Gasteiger partial charge in [-0.15, -0.1) is 0 Å². The van der Waals surface area contributed by atoms with Crippen LogP contribution in [0.25, 0.3) is 0 Å². The normalized spacial score (nSPS) is 20.1. The molecule has 2 amide bonds. The second kappa shape index (κ2) is 10.4. The molecule has 2 aliphatic carbocycles. The number of urea groups is 1. The molecule has 2 fully saturated rings. The predicted molar refractivity (Wildman–Crippen MR) is 129 cm³/mol. The largest absolute Gasteiger partial charge is 0.481 e. The molecule has 2 aromatic rings. The molecule has 9 heteroatoms. The topological polar surface area (TPSA) is 107 Å². The van der Waals surface area contributed by atoms with Gasteiger partial charge in [-0.2, -0.15) is 0 Å². The standard InChI is InChI=1S/C25H32FN5O3/c1-15(2)13-31(17-6-4-3-5-7-17)23-10-21(26)19(18-8-20(18)24(32)33)9-22(23)30-25(34)29-16-11-27-14-28-12-16/h9-12,14-15,17-18,20H,3-8,13H2,1-2H3,(H,32,33)(H2,29,30,34)/t18-,20-/m1/s1. The molecule has 34 heavy (non-hydrogen) atoms. The van der Waals surface area contributed by atoms with Gasteiger partial charge in [-0.1, -0.05) is 33.1 Å². The quantitative estimate of drug-likeness (QED) is 0.488. The molecule has 0 spiro atoms. The third kappa shape index (κ3) is 5.63. The Morgan fingerprint density at radius 3 is 2.47 bits per heavy atom. The molecule has 3 N–H and O–H groups in total. The lowest BCUT2D eigenvalue weighted by Crippen LogP contribution is -2.40. The Kier molecular flexibility index (Phi) is 7.29. The van der Waals surface area contributed by atoms with Crippen molar-refractivity contribution in [1.82, 2.24) is 9.97 Å². The molecule has 0 radical (unpaired) electrons. The van der Waals surface area contributed by atoms with Crippen LogP contribution in [0.15, 0.2) is 30.9 Å². The molecule has 0 unspecified atom stereocenters. The number of hydrogen-bond acceptors (Lipinski definition) is 5. The number of benzene rings is 1. The van der Waals surface area contributed by atoms with Crippen LogP contribution in [0.1, 0.15) is 63.9 Å². The van der Waals surface area contributed by atoms with Crippen LogP contribution in [-0.4, -0.2) is 39.7 Å². The summed E-state index contributed by atoms with van der Waals surface area (Å²) in [6.45, 7) is 4.97. The molecular formula is C25H32FN5O3. The van der Waals surface area contributed by atoms with Gasteiger partial charge in [0.1, 0.15) is 12.1 Å². The Hall–Kier alpha value is -3.23. The molecule has 2 saturated carbocycles. The fraction of sp³-hybridized carbons (Fsp3) is 0.520. The monoisotopic (exact) mass is 469 g/mol. The third-order valence-electron chi connectivity index (χ3n) is 6.58. The van der Waals surface area contributed by atoms with Crippen LogP contribution in [0, 0.1) is 17.7 Å². The molecule has 0 bridgehead atoms. The fourth-order valence-corrected chi connectivity index (χ4v) is 4.89. The average molecular weight is 470 g/mol. The summed E-state index contributed by atoms with van der Waals surface area (Å²) in [7, 11) is 0. The number of carboxylic acid groups (broad SMARTS) is 1. The first-order valence-electron chi connectivity index (χ1n) is 12.0. The molecule has 2 atom stereocenters. The van der Waals surface area contributed by atoms with Crippen LogP contribution in [-0.2, 0) is 4.79 Å². The Morgan fingerprint density at radius 1 is 1.15 bits per heavy atom. The van der Waals surface area contributed by atoms with Gasteiger partial charge in [0.15, 0.2) is 0 Å². The highest BCUT2D eigenvalue weighted by Gasteiger charge is 2.46. The van der Waals surface area contributed by atoms with Gasteiger partial charge in [0.25, 0.3) is 0 Å². The molecule has 1 aromatic heterocycles. The molecule has 2 aliphatic rings. The Balaban J connectivity index is 1.68. The average Bonchev–Trinajstić information content (AvgIpc) is 3.61. The zero-order chi connectivity index (χ0) is 24.2. The highest BCUT2D eigenvalue weighted by molar-refractivity contribution is 6.02. The molecule has 0 saturated heterocycles. The SMILES string of the molecule is CC(C)CN(c1cc(F)c([C@H]2C[C@H]2C(=O)O)cc1NC(=O)Nc1cncnc1)C1CCCCC1. The summed E-state index contributed by atoms with van der Waals surface area (Å²) in [5, 5.41) is 14.9. The van der Waals surface area contributed by atoms with E-state index < -0.39 is 23.7 Å². The summed E-state index contributed by atoms with van der Waals surface area (Å²) >= 11 is 0. The number of amides is 2. The fourth-order valence-electron chi connectivity index (χ4n) is 4.89. The zero-order valence-corrected chi connectivity index (χ0v) is 19.6. The summed E-state index contributed by atoms with van der Waals surface area (Å²) in [6.07, 6.45) is 10.2. The van der Waals surface area contributed by atoms with Crippen molar-refractivity contribution in [3.63, 3.8) is 0 Å². The molecule has 8 nitrogen and oxygen atoms in total. The number of hydrogen-bond donors (Lipinski definition) is 3. The summed E-state index contributed by atoms with van der Waals surface area (Å²) in [6, 6.07) is 2.87. The summed E-state index contributed by atoms with van der Waals surface area (Å²) < 4.78 is 15.3. The maximum atomic E-state index is 15.3. The Labute approximate surface area is 199 Å². The van der Waals surface area contributed by atoms with Crippen LogP contribution >= 0.6 is 0 Å². The molecule has 1 heterocycles. The van der Waals surface area contributed by atoms with E-state index >= 15 is 4.39 Å². The number of anilines is 3. The van der Waals surface area contributed by atoms with Crippen molar-refractivity contribution in [2.45, 2.75) is 64.3 Å². The summed E-state index contributed by atoms with van der Waals surface area (Å²) in [5.41, 5.74) is 1.88. The van der Waals surface area contributed by atoms with E-state index in [1.807, 2.05) is 0 Å². The van der Waals surface area contributed by atoms with Gasteiger partial charge in [0.05, 0.1) is 35.4 Å². The number of halogens is 1. The number of aliphatic carboxylic acids is 1. The summed E-state index contributed by atoms with van der Waals surface area (Å²) in [5.74, 6) is -1.98. The van der Waals surface area contributed by atoms with Crippen molar-refractivity contribution in [2.24, 2.45) is 11.8 Å². The molecule has 1 aromatic carbocycles. The van der Waals surface area contributed by atoms with Gasteiger partial charge >= 0.3 is 12.0 Å². The molecule has 4 rings (SSSR count). The number of nitrogens with one attached hydrogen (secondary N) is 2. The van der Waals surface area contributed by atoms with Gasteiger partial charge in [0.2, 0.25) is 0 Å². The Morgan fingerprint density at radius 2 is 1.85 bits per heavy atom. The van der Waals surface area contributed by atoms with Crippen molar-refractivity contribution < 1.29 is 19.1 Å². The van der Waals surface area contributed by atoms with Crippen molar-refractivity contribution >= 4 is 29.1 Å². The van der Waals surface area contributed by atoms with E-state index in [-0.39, 0.29) is 12.0 Å². The predicted octanol–water partition coefficient (Wildman–Crippen LogP) is 5.24. The van der Waals surface area contributed by atoms with E-state index in [2.05, 4.69) is 39.3 Å². The van der Waals surface area contributed by atoms with Crippen LogP contribution in [0.2, 0.25) is 0 Å². The maximum absolute atomic E-state index is 15.3. The van der Waals surface area contributed by atoms with E-state index in [0.717, 1.165) is 32.2 Å². The lowest BCUT2D eigenvalue weighted by atomic mass is 9.92. The van der Waals surface area contributed by atoms with Crippen LogP contribution in [0.4, 0.5) is 26.2 Å². The van der Waals surface area contributed by atoms with E-state index in [9.17, 15) is 14.7 Å². The van der Waals surface area contributed by atoms with Gasteiger partial charge in [-0.05, 0) is 42.9 Å². The van der Waals surface area contributed by atoms with Crippen molar-refractivity contribution in [1.29, 1.82) is 0 Å². The van der Waals surface area contributed by atoms with Gasteiger partial charge in [-0.25, -0.2) is 19.2 Å². The van der Waals surface area contributed by atoms with Gasteiger partial charge < -0.3 is 20.6 Å². The van der Waals surface area contributed by atoms with Gasteiger partial charge in [-0.3, -0.25) is 4.79 Å². The van der Waals surface area contributed by atoms with Crippen molar-refractivity contribution in [3.05, 3.63) is 42.2 Å². The third-order valence-corrected chi connectivity index (χ3v) is 6.58. The minimum Gasteiger partial charge on any atom is -0.481 e. The van der Waals surface area contributed by atoms with Crippen LogP contribution in [0.5, 0.6) is 0 Å². The number of rotatable bonds is 8. The lowest BCUT2D eigenvalue weighted by Gasteiger charge is -2.38. The maximum Gasteiger partial charge on any atom is 0.323 e. The van der Waals surface area contributed by atoms with E-state index in [4.69, 9.17) is 0 Å².